The smallest absolute Gasteiger partial charge is 0.390 e. The van der Waals surface area contributed by atoms with Crippen molar-refractivity contribution in [2.75, 3.05) is 0 Å². The third kappa shape index (κ3) is 2.91. The molecule has 106 valence electrons. The van der Waals surface area contributed by atoms with Crippen molar-refractivity contribution in [3.05, 3.63) is 29.1 Å². The molecule has 0 radical (unpaired) electrons. The van der Waals surface area contributed by atoms with Gasteiger partial charge in [-0.2, -0.15) is 13.2 Å². The Morgan fingerprint density at radius 3 is 2.37 bits per heavy atom. The Hall–Kier alpha value is -1.10. The van der Waals surface area contributed by atoms with E-state index in [0.29, 0.717) is 18.4 Å². The molecule has 1 heterocycles. The van der Waals surface area contributed by atoms with Gasteiger partial charge in [0.1, 0.15) is 0 Å². The molecule has 1 N–H and O–H groups in total. The maximum Gasteiger partial charge on any atom is 0.418 e. The Kier molecular flexibility index (Phi) is 3.37. The molecule has 0 atom stereocenters. The molecular formula is C14H18F3NO. The van der Waals surface area contributed by atoms with E-state index in [9.17, 15) is 18.3 Å². The second-order valence-electron chi connectivity index (χ2n) is 5.96. The van der Waals surface area contributed by atoms with Crippen molar-refractivity contribution in [3.8, 4) is 0 Å². The van der Waals surface area contributed by atoms with Crippen molar-refractivity contribution >= 4 is 0 Å². The highest BCUT2D eigenvalue weighted by atomic mass is 19.4. The van der Waals surface area contributed by atoms with E-state index in [1.165, 1.54) is 12.3 Å². The summed E-state index contributed by atoms with van der Waals surface area (Å²) in [6, 6.07) is 1.19. The van der Waals surface area contributed by atoms with Gasteiger partial charge in [0.15, 0.2) is 0 Å². The minimum atomic E-state index is -4.39. The lowest BCUT2D eigenvalue weighted by atomic mass is 9.69. The largest absolute Gasteiger partial charge is 0.418 e. The molecule has 0 aromatic carbocycles. The van der Waals surface area contributed by atoms with Crippen LogP contribution in [0.15, 0.2) is 12.3 Å². The van der Waals surface area contributed by atoms with Gasteiger partial charge in [-0.3, -0.25) is 4.98 Å². The van der Waals surface area contributed by atoms with Gasteiger partial charge in [-0.15, -0.1) is 0 Å². The Balaban J connectivity index is 2.38. The third-order valence-corrected chi connectivity index (χ3v) is 3.67. The quantitative estimate of drug-likeness (QED) is 0.887. The summed E-state index contributed by atoms with van der Waals surface area (Å²) in [6.45, 7) is 5.31. The highest BCUT2D eigenvalue weighted by molar-refractivity contribution is 5.33. The van der Waals surface area contributed by atoms with E-state index < -0.39 is 17.3 Å². The zero-order valence-corrected chi connectivity index (χ0v) is 11.3. The normalized spacial score (nSPS) is 27.5. The minimum Gasteiger partial charge on any atom is -0.390 e. The van der Waals surface area contributed by atoms with Gasteiger partial charge in [0.25, 0.3) is 0 Å². The molecule has 0 unspecified atom stereocenters. The second kappa shape index (κ2) is 4.47. The Morgan fingerprint density at radius 2 is 1.95 bits per heavy atom. The van der Waals surface area contributed by atoms with Crippen LogP contribution in [0.1, 0.15) is 62.3 Å². The van der Waals surface area contributed by atoms with E-state index in [4.69, 9.17) is 0 Å². The molecular weight excluding hydrogens is 255 g/mol. The lowest BCUT2D eigenvalue weighted by Crippen LogP contribution is -2.40. The van der Waals surface area contributed by atoms with Gasteiger partial charge in [0.2, 0.25) is 0 Å². The first-order valence-electron chi connectivity index (χ1n) is 6.39. The zero-order chi connectivity index (χ0) is 14.4. The monoisotopic (exact) mass is 273 g/mol. The number of aliphatic hydroxyl groups is 1. The Labute approximate surface area is 110 Å². The fraction of sp³-hybridized carbons (Fsp3) is 0.643. The van der Waals surface area contributed by atoms with Crippen LogP contribution in [0.4, 0.5) is 13.2 Å². The number of nitrogens with zero attached hydrogens (tertiary/aromatic N) is 1. The number of alkyl halides is 3. The highest BCUT2D eigenvalue weighted by Crippen LogP contribution is 2.47. The summed E-state index contributed by atoms with van der Waals surface area (Å²) >= 11 is 0. The zero-order valence-electron chi connectivity index (χ0n) is 11.3. The Morgan fingerprint density at radius 1 is 1.37 bits per heavy atom. The van der Waals surface area contributed by atoms with Crippen LogP contribution < -0.4 is 0 Å². The predicted molar refractivity (Wildman–Crippen MR) is 65.9 cm³/mol. The molecule has 0 aliphatic heterocycles. The van der Waals surface area contributed by atoms with Crippen LogP contribution in [0, 0.1) is 0 Å². The van der Waals surface area contributed by atoms with E-state index in [-0.39, 0.29) is 17.5 Å². The van der Waals surface area contributed by atoms with E-state index in [2.05, 4.69) is 4.98 Å². The number of hydrogen-bond acceptors (Lipinski definition) is 2. The van der Waals surface area contributed by atoms with Gasteiger partial charge >= 0.3 is 6.18 Å². The SMILES string of the molecule is CC(C)c1cnc(C2CC(C)(O)C2)c(C(F)(F)F)c1. The third-order valence-electron chi connectivity index (χ3n) is 3.67. The highest BCUT2D eigenvalue weighted by Gasteiger charge is 2.44. The van der Waals surface area contributed by atoms with Crippen LogP contribution in [-0.2, 0) is 6.18 Å². The van der Waals surface area contributed by atoms with Crippen molar-refractivity contribution in [1.29, 1.82) is 0 Å². The molecule has 0 bridgehead atoms. The fourth-order valence-electron chi connectivity index (χ4n) is 2.55. The summed E-state index contributed by atoms with van der Waals surface area (Å²) in [4.78, 5) is 4.02. The number of rotatable bonds is 2. The van der Waals surface area contributed by atoms with E-state index in [1.807, 2.05) is 13.8 Å². The number of hydrogen-bond donors (Lipinski definition) is 1. The van der Waals surface area contributed by atoms with Crippen LogP contribution >= 0.6 is 0 Å². The predicted octanol–water partition coefficient (Wildman–Crippen LogP) is 3.85. The van der Waals surface area contributed by atoms with Crippen LogP contribution in [0.5, 0.6) is 0 Å². The number of aromatic nitrogens is 1. The second-order valence-corrected chi connectivity index (χ2v) is 5.96. The van der Waals surface area contributed by atoms with Gasteiger partial charge in [0.05, 0.1) is 16.9 Å². The van der Waals surface area contributed by atoms with Gasteiger partial charge in [0, 0.05) is 12.1 Å². The molecule has 19 heavy (non-hydrogen) atoms. The summed E-state index contributed by atoms with van der Waals surface area (Å²) in [5.41, 5.74) is -0.851. The summed E-state index contributed by atoms with van der Waals surface area (Å²) < 4.78 is 39.3. The molecule has 1 aliphatic carbocycles. The van der Waals surface area contributed by atoms with Crippen LogP contribution in [0.2, 0.25) is 0 Å². The molecule has 5 heteroatoms. The van der Waals surface area contributed by atoms with Crippen molar-refractivity contribution in [3.63, 3.8) is 0 Å². The topological polar surface area (TPSA) is 33.1 Å². The summed E-state index contributed by atoms with van der Waals surface area (Å²) in [6.07, 6.45) is -2.20. The Bertz CT molecular complexity index is 472. The average molecular weight is 273 g/mol. The van der Waals surface area contributed by atoms with Crippen molar-refractivity contribution < 1.29 is 18.3 Å². The average Bonchev–Trinajstić information content (AvgIpc) is 2.23. The van der Waals surface area contributed by atoms with Crippen LogP contribution in [-0.4, -0.2) is 15.7 Å². The van der Waals surface area contributed by atoms with Gasteiger partial charge in [-0.25, -0.2) is 0 Å². The summed E-state index contributed by atoms with van der Waals surface area (Å²) in [5, 5.41) is 9.67. The molecule has 2 rings (SSSR count). The summed E-state index contributed by atoms with van der Waals surface area (Å²) in [5.74, 6) is -0.292. The fourth-order valence-corrected chi connectivity index (χ4v) is 2.55. The maximum atomic E-state index is 13.1. The lowest BCUT2D eigenvalue weighted by Gasteiger charge is -2.41. The first-order chi connectivity index (χ1) is 8.60. The molecule has 1 aliphatic rings. The van der Waals surface area contributed by atoms with Crippen molar-refractivity contribution in [1.82, 2.24) is 4.98 Å². The molecule has 2 nitrogen and oxygen atoms in total. The standard InChI is InChI=1S/C14H18F3NO/c1-8(2)9-4-11(14(15,16)17)12(18-7-9)10-5-13(3,19)6-10/h4,7-8,10,19H,5-6H2,1-3H3. The number of pyridine rings is 1. The molecule has 1 aromatic heterocycles. The van der Waals surface area contributed by atoms with Crippen LogP contribution in [0.25, 0.3) is 0 Å². The van der Waals surface area contributed by atoms with Gasteiger partial charge in [-0.1, -0.05) is 13.8 Å². The van der Waals surface area contributed by atoms with Crippen LogP contribution in [0.3, 0.4) is 0 Å². The van der Waals surface area contributed by atoms with Gasteiger partial charge in [-0.05, 0) is 37.3 Å². The van der Waals surface area contributed by atoms with Crippen molar-refractivity contribution in [2.24, 2.45) is 0 Å². The van der Waals surface area contributed by atoms with E-state index >= 15 is 0 Å². The molecule has 0 saturated heterocycles. The van der Waals surface area contributed by atoms with Crippen molar-refractivity contribution in [2.45, 2.75) is 57.2 Å². The first kappa shape index (κ1) is 14.3. The lowest BCUT2D eigenvalue weighted by molar-refractivity contribution is -0.139. The molecule has 1 fully saturated rings. The van der Waals surface area contributed by atoms with Gasteiger partial charge < -0.3 is 5.11 Å². The molecule has 0 amide bonds. The molecule has 1 saturated carbocycles. The first-order valence-corrected chi connectivity index (χ1v) is 6.39. The molecule has 1 aromatic rings. The van der Waals surface area contributed by atoms with E-state index in [0.717, 1.165) is 0 Å². The van der Waals surface area contributed by atoms with E-state index in [1.54, 1.807) is 6.92 Å². The maximum absolute atomic E-state index is 13.1. The minimum absolute atomic E-state index is 0.00662. The number of halogens is 3. The molecule has 0 spiro atoms. The summed E-state index contributed by atoms with van der Waals surface area (Å²) in [7, 11) is 0.